The zero-order valence-electron chi connectivity index (χ0n) is 11.8. The first kappa shape index (κ1) is 14.2. The Morgan fingerprint density at radius 1 is 1.25 bits per heavy atom. The van der Waals surface area contributed by atoms with E-state index in [1.165, 1.54) is 0 Å². The first-order valence-corrected chi connectivity index (χ1v) is 6.52. The van der Waals surface area contributed by atoms with Crippen LogP contribution in [0.25, 0.3) is 0 Å². The van der Waals surface area contributed by atoms with Gasteiger partial charge in [-0.15, -0.1) is 0 Å². The summed E-state index contributed by atoms with van der Waals surface area (Å²) in [6.45, 7) is 5.20. The molecule has 2 aromatic rings. The summed E-state index contributed by atoms with van der Waals surface area (Å²) in [5.41, 5.74) is 3.03. The summed E-state index contributed by atoms with van der Waals surface area (Å²) in [7, 11) is 0. The highest BCUT2D eigenvalue weighted by Crippen LogP contribution is 2.11. The largest absolute Gasteiger partial charge is 0.492 e. The van der Waals surface area contributed by atoms with Crippen molar-refractivity contribution in [2.45, 2.75) is 20.4 Å². The van der Waals surface area contributed by atoms with Gasteiger partial charge in [0.25, 0.3) is 0 Å². The standard InChI is InChI=1S/C16H18N2O2/c1-13-12-14(2)18(17-13)9-11-20-16-7-5-15(6-8-16)4-3-10-19/h5-8,12,19H,9-11H2,1-2H3. The molecule has 1 heterocycles. The Bertz CT molecular complexity index is 618. The molecular formula is C16H18N2O2. The Kier molecular flexibility index (Phi) is 4.80. The van der Waals surface area contributed by atoms with Gasteiger partial charge in [0.05, 0.1) is 12.2 Å². The van der Waals surface area contributed by atoms with Crippen LogP contribution in [0.15, 0.2) is 30.3 Å². The maximum absolute atomic E-state index is 8.62. The van der Waals surface area contributed by atoms with E-state index in [0.29, 0.717) is 6.61 Å². The summed E-state index contributed by atoms with van der Waals surface area (Å²) in [5.74, 6) is 6.26. The van der Waals surface area contributed by atoms with Crippen LogP contribution < -0.4 is 4.74 Å². The van der Waals surface area contributed by atoms with Crippen LogP contribution in [-0.2, 0) is 6.54 Å². The Balaban J connectivity index is 1.86. The van der Waals surface area contributed by atoms with Crippen molar-refractivity contribution in [1.29, 1.82) is 0 Å². The highest BCUT2D eigenvalue weighted by atomic mass is 16.5. The van der Waals surface area contributed by atoms with Crippen molar-refractivity contribution in [2.24, 2.45) is 0 Å². The molecule has 0 saturated carbocycles. The topological polar surface area (TPSA) is 47.3 Å². The third-order valence-corrected chi connectivity index (χ3v) is 2.84. The molecule has 104 valence electrons. The predicted molar refractivity (Wildman–Crippen MR) is 77.6 cm³/mol. The highest BCUT2D eigenvalue weighted by Gasteiger charge is 2.01. The molecule has 0 aliphatic rings. The minimum Gasteiger partial charge on any atom is -0.492 e. The van der Waals surface area contributed by atoms with Gasteiger partial charge in [-0.25, -0.2) is 0 Å². The number of hydrogen-bond donors (Lipinski definition) is 1. The summed E-state index contributed by atoms with van der Waals surface area (Å²) in [6, 6.07) is 9.56. The fraction of sp³-hybridized carbons (Fsp3) is 0.312. The van der Waals surface area contributed by atoms with E-state index in [4.69, 9.17) is 9.84 Å². The molecule has 0 aliphatic heterocycles. The van der Waals surface area contributed by atoms with E-state index in [9.17, 15) is 0 Å². The van der Waals surface area contributed by atoms with E-state index in [-0.39, 0.29) is 6.61 Å². The Morgan fingerprint density at radius 2 is 2.00 bits per heavy atom. The smallest absolute Gasteiger partial charge is 0.119 e. The lowest BCUT2D eigenvalue weighted by Gasteiger charge is -2.07. The Labute approximate surface area is 119 Å². The van der Waals surface area contributed by atoms with Gasteiger partial charge in [-0.3, -0.25) is 4.68 Å². The van der Waals surface area contributed by atoms with Gasteiger partial charge in [-0.1, -0.05) is 11.8 Å². The third kappa shape index (κ3) is 3.87. The summed E-state index contributed by atoms with van der Waals surface area (Å²) in [4.78, 5) is 0. The molecule has 0 radical (unpaired) electrons. The lowest BCUT2D eigenvalue weighted by atomic mass is 10.2. The first-order chi connectivity index (χ1) is 9.69. The molecule has 0 fully saturated rings. The van der Waals surface area contributed by atoms with Gasteiger partial charge in [0.15, 0.2) is 0 Å². The van der Waals surface area contributed by atoms with E-state index in [0.717, 1.165) is 29.2 Å². The number of aliphatic hydroxyl groups is 1. The van der Waals surface area contributed by atoms with Crippen molar-refractivity contribution in [1.82, 2.24) is 9.78 Å². The van der Waals surface area contributed by atoms with Crippen molar-refractivity contribution in [3.8, 4) is 17.6 Å². The van der Waals surface area contributed by atoms with Crippen LogP contribution in [0.5, 0.6) is 5.75 Å². The number of aryl methyl sites for hydroxylation is 2. The third-order valence-electron chi connectivity index (χ3n) is 2.84. The molecule has 1 aromatic heterocycles. The van der Waals surface area contributed by atoms with Crippen LogP contribution in [0, 0.1) is 25.7 Å². The molecule has 0 aliphatic carbocycles. The molecule has 0 unspecified atom stereocenters. The summed E-state index contributed by atoms with van der Waals surface area (Å²) < 4.78 is 7.62. The number of nitrogens with zero attached hydrogens (tertiary/aromatic N) is 2. The summed E-state index contributed by atoms with van der Waals surface area (Å²) in [6.07, 6.45) is 0. The van der Waals surface area contributed by atoms with Crippen molar-refractivity contribution in [3.05, 3.63) is 47.3 Å². The Hall–Kier alpha value is -2.25. The van der Waals surface area contributed by atoms with Crippen LogP contribution in [-0.4, -0.2) is 28.1 Å². The lowest BCUT2D eigenvalue weighted by Crippen LogP contribution is -2.10. The molecule has 0 spiro atoms. The van der Waals surface area contributed by atoms with Crippen molar-refractivity contribution < 1.29 is 9.84 Å². The summed E-state index contributed by atoms with van der Waals surface area (Å²) >= 11 is 0. The zero-order chi connectivity index (χ0) is 14.4. The van der Waals surface area contributed by atoms with Gasteiger partial charge in [0, 0.05) is 11.3 Å². The quantitative estimate of drug-likeness (QED) is 0.863. The van der Waals surface area contributed by atoms with Gasteiger partial charge in [0.2, 0.25) is 0 Å². The number of rotatable bonds is 4. The lowest BCUT2D eigenvalue weighted by molar-refractivity contribution is 0.289. The van der Waals surface area contributed by atoms with E-state index < -0.39 is 0 Å². The second kappa shape index (κ2) is 6.78. The molecule has 2 rings (SSSR count). The van der Waals surface area contributed by atoms with Gasteiger partial charge in [0.1, 0.15) is 19.0 Å². The molecule has 0 atom stereocenters. The monoisotopic (exact) mass is 270 g/mol. The number of hydrogen-bond acceptors (Lipinski definition) is 3. The zero-order valence-corrected chi connectivity index (χ0v) is 11.8. The number of aromatic nitrogens is 2. The van der Waals surface area contributed by atoms with E-state index in [2.05, 4.69) is 23.0 Å². The fourth-order valence-corrected chi connectivity index (χ4v) is 1.93. The minimum atomic E-state index is -0.124. The molecule has 20 heavy (non-hydrogen) atoms. The minimum absolute atomic E-state index is 0.124. The molecule has 0 bridgehead atoms. The average molecular weight is 270 g/mol. The summed E-state index contributed by atoms with van der Waals surface area (Å²) in [5, 5.41) is 13.0. The Morgan fingerprint density at radius 3 is 2.60 bits per heavy atom. The molecule has 1 N–H and O–H groups in total. The maximum atomic E-state index is 8.62. The number of benzene rings is 1. The first-order valence-electron chi connectivity index (χ1n) is 6.52. The normalized spacial score (nSPS) is 9.95. The second-order valence-electron chi connectivity index (χ2n) is 4.48. The maximum Gasteiger partial charge on any atom is 0.119 e. The van der Waals surface area contributed by atoms with E-state index >= 15 is 0 Å². The van der Waals surface area contributed by atoms with Crippen LogP contribution in [0.4, 0.5) is 0 Å². The molecule has 0 saturated heterocycles. The number of ether oxygens (including phenoxy) is 1. The molecule has 1 aromatic carbocycles. The van der Waals surface area contributed by atoms with Gasteiger partial charge in [-0.2, -0.15) is 5.10 Å². The SMILES string of the molecule is Cc1cc(C)n(CCOc2ccc(C#CCO)cc2)n1. The van der Waals surface area contributed by atoms with Gasteiger partial charge in [-0.05, 0) is 44.2 Å². The second-order valence-corrected chi connectivity index (χ2v) is 4.48. The van der Waals surface area contributed by atoms with Crippen molar-refractivity contribution in [2.75, 3.05) is 13.2 Å². The van der Waals surface area contributed by atoms with Gasteiger partial charge >= 0.3 is 0 Å². The van der Waals surface area contributed by atoms with Crippen LogP contribution in [0.1, 0.15) is 17.0 Å². The number of aliphatic hydroxyl groups excluding tert-OH is 1. The average Bonchev–Trinajstić information content (AvgIpc) is 2.76. The van der Waals surface area contributed by atoms with Crippen molar-refractivity contribution in [3.63, 3.8) is 0 Å². The molecule has 4 nitrogen and oxygen atoms in total. The van der Waals surface area contributed by atoms with E-state index in [1.54, 1.807) is 0 Å². The van der Waals surface area contributed by atoms with Crippen LogP contribution in [0.3, 0.4) is 0 Å². The van der Waals surface area contributed by atoms with E-state index in [1.807, 2.05) is 42.8 Å². The predicted octanol–water partition coefficient (Wildman–Crippen LogP) is 1.92. The molecule has 0 amide bonds. The molecular weight excluding hydrogens is 252 g/mol. The highest BCUT2D eigenvalue weighted by molar-refractivity contribution is 5.38. The van der Waals surface area contributed by atoms with Crippen LogP contribution >= 0.6 is 0 Å². The molecule has 4 heteroatoms. The van der Waals surface area contributed by atoms with Crippen molar-refractivity contribution >= 4 is 0 Å². The van der Waals surface area contributed by atoms with Crippen LogP contribution in [0.2, 0.25) is 0 Å². The fourth-order valence-electron chi connectivity index (χ4n) is 1.93. The van der Waals surface area contributed by atoms with Gasteiger partial charge < -0.3 is 9.84 Å².